The van der Waals surface area contributed by atoms with Crippen LogP contribution in [-0.4, -0.2) is 26.4 Å². The minimum absolute atomic E-state index is 0.387. The summed E-state index contributed by atoms with van der Waals surface area (Å²) in [5.41, 5.74) is 2.24. The monoisotopic (exact) mass is 248 g/mol. The number of hydrogen-bond donors (Lipinski definition) is 1. The maximum absolute atomic E-state index is 8.59. The van der Waals surface area contributed by atoms with Gasteiger partial charge in [0, 0.05) is 12.1 Å². The van der Waals surface area contributed by atoms with Gasteiger partial charge in [0.25, 0.3) is 0 Å². The highest BCUT2D eigenvalue weighted by molar-refractivity contribution is 5.40. The summed E-state index contributed by atoms with van der Waals surface area (Å²) in [7, 11) is 1.91. The van der Waals surface area contributed by atoms with Crippen molar-refractivity contribution in [2.24, 2.45) is 0 Å². The lowest BCUT2D eigenvalue weighted by Gasteiger charge is -2.14. The lowest BCUT2D eigenvalue weighted by atomic mass is 10.1. The molecule has 0 radical (unpaired) electrons. The van der Waals surface area contributed by atoms with Gasteiger partial charge in [0.2, 0.25) is 0 Å². The molecule has 4 nitrogen and oxygen atoms in total. The van der Waals surface area contributed by atoms with E-state index in [0.717, 1.165) is 23.4 Å². The van der Waals surface area contributed by atoms with Gasteiger partial charge in [-0.2, -0.15) is 5.26 Å². The molecule has 18 heavy (non-hydrogen) atoms. The van der Waals surface area contributed by atoms with Crippen molar-refractivity contribution in [3.05, 3.63) is 29.3 Å². The van der Waals surface area contributed by atoms with Gasteiger partial charge in [-0.15, -0.1) is 0 Å². The minimum atomic E-state index is -0.387. The van der Waals surface area contributed by atoms with Gasteiger partial charge >= 0.3 is 0 Å². The van der Waals surface area contributed by atoms with E-state index in [0.29, 0.717) is 13.2 Å². The summed E-state index contributed by atoms with van der Waals surface area (Å²) >= 11 is 0. The number of aryl methyl sites for hydroxylation is 1. The molecule has 1 aromatic rings. The van der Waals surface area contributed by atoms with Crippen molar-refractivity contribution in [1.29, 1.82) is 5.26 Å². The molecule has 0 spiro atoms. The fourth-order valence-electron chi connectivity index (χ4n) is 1.66. The molecular weight excluding hydrogens is 228 g/mol. The van der Waals surface area contributed by atoms with E-state index in [1.807, 2.05) is 38.2 Å². The molecule has 1 unspecified atom stereocenters. The summed E-state index contributed by atoms with van der Waals surface area (Å²) in [6.07, 6.45) is -0.387. The molecule has 98 valence electrons. The van der Waals surface area contributed by atoms with E-state index >= 15 is 0 Å². The first-order valence-corrected chi connectivity index (χ1v) is 6.06. The Morgan fingerprint density at radius 1 is 1.39 bits per heavy atom. The van der Waals surface area contributed by atoms with Crippen molar-refractivity contribution in [3.8, 4) is 11.8 Å². The van der Waals surface area contributed by atoms with Crippen molar-refractivity contribution in [3.63, 3.8) is 0 Å². The van der Waals surface area contributed by atoms with Gasteiger partial charge in [0.15, 0.2) is 0 Å². The number of hydrogen-bond acceptors (Lipinski definition) is 4. The van der Waals surface area contributed by atoms with Crippen LogP contribution in [0.15, 0.2) is 18.2 Å². The van der Waals surface area contributed by atoms with E-state index < -0.39 is 0 Å². The largest absolute Gasteiger partial charge is 0.491 e. The van der Waals surface area contributed by atoms with Crippen LogP contribution in [0.4, 0.5) is 0 Å². The van der Waals surface area contributed by atoms with Crippen LogP contribution in [-0.2, 0) is 11.3 Å². The predicted octanol–water partition coefficient (Wildman–Crippen LogP) is 2.02. The lowest BCUT2D eigenvalue weighted by molar-refractivity contribution is 0.0739. The number of benzene rings is 1. The maximum Gasteiger partial charge on any atom is 0.141 e. The Kier molecular flexibility index (Phi) is 6.20. The number of nitriles is 1. The molecule has 1 N–H and O–H groups in total. The first-order chi connectivity index (χ1) is 8.69. The summed E-state index contributed by atoms with van der Waals surface area (Å²) in [4.78, 5) is 0. The fourth-order valence-corrected chi connectivity index (χ4v) is 1.66. The van der Waals surface area contributed by atoms with E-state index in [1.54, 1.807) is 6.92 Å². The normalized spacial score (nSPS) is 11.9. The molecule has 0 aliphatic carbocycles. The van der Waals surface area contributed by atoms with E-state index in [2.05, 4.69) is 5.32 Å². The molecule has 1 atom stereocenters. The Morgan fingerprint density at radius 2 is 2.17 bits per heavy atom. The average Bonchev–Trinajstić information content (AvgIpc) is 2.37. The van der Waals surface area contributed by atoms with Crippen molar-refractivity contribution in [2.75, 3.05) is 20.3 Å². The molecule has 0 aliphatic rings. The molecule has 0 amide bonds. The first kappa shape index (κ1) is 14.5. The minimum Gasteiger partial charge on any atom is -0.491 e. The van der Waals surface area contributed by atoms with Crippen LogP contribution in [0.2, 0.25) is 0 Å². The van der Waals surface area contributed by atoms with Gasteiger partial charge in [-0.05, 0) is 26.5 Å². The van der Waals surface area contributed by atoms with Crippen molar-refractivity contribution < 1.29 is 9.47 Å². The zero-order chi connectivity index (χ0) is 13.4. The number of para-hydroxylation sites is 1. The number of rotatable bonds is 7. The fraction of sp³-hybridized carbons (Fsp3) is 0.500. The molecule has 4 heteroatoms. The molecular formula is C14H20N2O2. The van der Waals surface area contributed by atoms with Gasteiger partial charge in [0.05, 0.1) is 12.7 Å². The molecule has 0 aromatic heterocycles. The van der Waals surface area contributed by atoms with Gasteiger partial charge in [-0.3, -0.25) is 0 Å². The Labute approximate surface area is 109 Å². The highest BCUT2D eigenvalue weighted by atomic mass is 16.5. The highest BCUT2D eigenvalue weighted by Gasteiger charge is 2.06. The third kappa shape index (κ3) is 4.36. The molecule has 0 fully saturated rings. The van der Waals surface area contributed by atoms with Crippen LogP contribution in [0.1, 0.15) is 18.1 Å². The van der Waals surface area contributed by atoms with Crippen molar-refractivity contribution >= 4 is 0 Å². The molecule has 0 bridgehead atoms. The quantitative estimate of drug-likeness (QED) is 0.750. The van der Waals surface area contributed by atoms with Crippen molar-refractivity contribution in [2.45, 2.75) is 26.5 Å². The SMILES string of the molecule is CNCc1cccc(C)c1OCCOC(C)C#N. The Bertz CT molecular complexity index is 413. The van der Waals surface area contributed by atoms with Gasteiger partial charge in [0.1, 0.15) is 18.5 Å². The predicted molar refractivity (Wildman–Crippen MR) is 70.5 cm³/mol. The summed E-state index contributed by atoms with van der Waals surface area (Å²) in [6, 6.07) is 8.10. The van der Waals surface area contributed by atoms with Crippen LogP contribution in [0.25, 0.3) is 0 Å². The third-order valence-corrected chi connectivity index (χ3v) is 2.54. The van der Waals surface area contributed by atoms with Gasteiger partial charge in [-0.1, -0.05) is 18.2 Å². The molecule has 1 rings (SSSR count). The maximum atomic E-state index is 8.59. The second kappa shape index (κ2) is 7.70. The van der Waals surface area contributed by atoms with Gasteiger partial charge in [-0.25, -0.2) is 0 Å². The molecule has 0 saturated heterocycles. The lowest BCUT2D eigenvalue weighted by Crippen LogP contribution is -2.14. The van der Waals surface area contributed by atoms with E-state index in [-0.39, 0.29) is 6.10 Å². The zero-order valence-corrected chi connectivity index (χ0v) is 11.2. The molecule has 1 aromatic carbocycles. The van der Waals surface area contributed by atoms with Crippen LogP contribution < -0.4 is 10.1 Å². The topological polar surface area (TPSA) is 54.3 Å². The van der Waals surface area contributed by atoms with E-state index in [1.165, 1.54) is 0 Å². The average molecular weight is 248 g/mol. The summed E-state index contributed by atoms with van der Waals surface area (Å²) in [6.45, 7) is 5.38. The summed E-state index contributed by atoms with van der Waals surface area (Å²) in [5, 5.41) is 11.7. The van der Waals surface area contributed by atoms with E-state index in [9.17, 15) is 0 Å². The number of ether oxygens (including phenoxy) is 2. The Hall–Kier alpha value is -1.57. The number of nitrogens with one attached hydrogen (secondary N) is 1. The van der Waals surface area contributed by atoms with Gasteiger partial charge < -0.3 is 14.8 Å². The zero-order valence-electron chi connectivity index (χ0n) is 11.2. The Morgan fingerprint density at radius 3 is 2.83 bits per heavy atom. The van der Waals surface area contributed by atoms with E-state index in [4.69, 9.17) is 14.7 Å². The first-order valence-electron chi connectivity index (χ1n) is 6.06. The van der Waals surface area contributed by atoms with Crippen LogP contribution >= 0.6 is 0 Å². The van der Waals surface area contributed by atoms with Crippen molar-refractivity contribution in [1.82, 2.24) is 5.32 Å². The van der Waals surface area contributed by atoms with Crippen LogP contribution in [0, 0.1) is 18.3 Å². The molecule has 0 heterocycles. The third-order valence-electron chi connectivity index (χ3n) is 2.54. The molecule has 0 saturated carbocycles. The summed E-state index contributed by atoms with van der Waals surface area (Å²) < 4.78 is 11.0. The molecule has 0 aliphatic heterocycles. The number of nitrogens with zero attached hydrogens (tertiary/aromatic N) is 1. The second-order valence-corrected chi connectivity index (χ2v) is 4.08. The Balaban J connectivity index is 2.53. The van der Waals surface area contributed by atoms with Crippen LogP contribution in [0.3, 0.4) is 0 Å². The standard InChI is InChI=1S/C14H20N2O2/c1-11-5-4-6-13(10-16-3)14(11)18-8-7-17-12(2)9-15/h4-6,12,16H,7-8,10H2,1-3H3. The van der Waals surface area contributed by atoms with Crippen LogP contribution in [0.5, 0.6) is 5.75 Å². The second-order valence-electron chi connectivity index (χ2n) is 4.08. The smallest absolute Gasteiger partial charge is 0.141 e. The summed E-state index contributed by atoms with van der Waals surface area (Å²) in [5.74, 6) is 0.903. The highest BCUT2D eigenvalue weighted by Crippen LogP contribution is 2.23.